The molecule has 0 aliphatic carbocycles. The molecule has 1 N–H and O–H groups in total. The molecule has 5 nitrogen and oxygen atoms in total. The number of carbonyl (C=O) groups excluding carboxylic acids is 2. The number of methoxy groups -OCH3 is 1. The number of nitrogens with zero attached hydrogens (tertiary/aromatic N) is 1. The van der Waals surface area contributed by atoms with Crippen LogP contribution in [0.4, 0.5) is 5.69 Å². The highest BCUT2D eigenvalue weighted by Crippen LogP contribution is 2.14. The Morgan fingerprint density at radius 1 is 1.22 bits per heavy atom. The largest absolute Gasteiger partial charge is 0.497 e. The van der Waals surface area contributed by atoms with E-state index in [9.17, 15) is 9.59 Å². The van der Waals surface area contributed by atoms with E-state index in [1.807, 2.05) is 24.3 Å². The molecule has 0 saturated heterocycles. The van der Waals surface area contributed by atoms with Gasteiger partial charge in [-0.25, -0.2) is 0 Å². The van der Waals surface area contributed by atoms with Crippen molar-refractivity contribution in [3.8, 4) is 5.75 Å². The average molecular weight is 333 g/mol. The van der Waals surface area contributed by atoms with Crippen LogP contribution < -0.4 is 10.1 Å². The van der Waals surface area contributed by atoms with Gasteiger partial charge in [-0.3, -0.25) is 14.6 Å². The molecule has 1 heterocycles. The molecule has 120 valence electrons. The quantitative estimate of drug-likeness (QED) is 0.790. The second-order valence-corrected chi connectivity index (χ2v) is 5.41. The Balaban J connectivity index is 1.78. The van der Waals surface area contributed by atoms with E-state index in [1.54, 1.807) is 7.11 Å². The third kappa shape index (κ3) is 5.38. The fourth-order valence-corrected chi connectivity index (χ4v) is 2.21. The van der Waals surface area contributed by atoms with E-state index in [1.165, 1.54) is 18.5 Å². The highest BCUT2D eigenvalue weighted by atomic mass is 35.5. The van der Waals surface area contributed by atoms with Crippen molar-refractivity contribution in [2.45, 2.75) is 19.3 Å². The van der Waals surface area contributed by atoms with Crippen LogP contribution in [0.15, 0.2) is 42.7 Å². The van der Waals surface area contributed by atoms with Crippen LogP contribution in [-0.2, 0) is 16.0 Å². The zero-order valence-electron chi connectivity index (χ0n) is 12.7. The molecule has 0 aliphatic rings. The van der Waals surface area contributed by atoms with Crippen LogP contribution in [0, 0.1) is 0 Å². The number of amides is 1. The lowest BCUT2D eigenvalue weighted by Crippen LogP contribution is -2.22. The van der Waals surface area contributed by atoms with Gasteiger partial charge in [0.15, 0.2) is 0 Å². The Kier molecular flexibility index (Phi) is 6.11. The van der Waals surface area contributed by atoms with E-state index in [0.717, 1.165) is 17.7 Å². The summed E-state index contributed by atoms with van der Waals surface area (Å²) in [5.41, 5.74) is 1.50. The molecule has 0 atom stereocenters. The number of ketones is 1. The van der Waals surface area contributed by atoms with Gasteiger partial charge in [0.1, 0.15) is 5.75 Å². The summed E-state index contributed by atoms with van der Waals surface area (Å²) < 4.78 is 5.09. The number of aryl methyl sites for hydroxylation is 1. The van der Waals surface area contributed by atoms with Gasteiger partial charge in [-0.2, -0.15) is 0 Å². The number of benzene rings is 1. The number of halogens is 1. The maximum Gasteiger partial charge on any atom is 0.291 e. The third-order valence-corrected chi connectivity index (χ3v) is 3.45. The number of hydrogen-bond donors (Lipinski definition) is 1. The van der Waals surface area contributed by atoms with Crippen molar-refractivity contribution in [2.75, 3.05) is 12.4 Å². The summed E-state index contributed by atoms with van der Waals surface area (Å²) in [7, 11) is 1.61. The number of rotatable bonds is 7. The number of nitrogens with one attached hydrogen (secondary N) is 1. The molecule has 0 unspecified atom stereocenters. The molecular weight excluding hydrogens is 316 g/mol. The number of Topliss-reactive ketones (excluding diaryl/α,β-unsaturated/α-hetero) is 1. The smallest absolute Gasteiger partial charge is 0.291 e. The van der Waals surface area contributed by atoms with Crippen LogP contribution >= 0.6 is 11.6 Å². The lowest BCUT2D eigenvalue weighted by atomic mass is 10.1. The van der Waals surface area contributed by atoms with Gasteiger partial charge in [0.25, 0.3) is 5.91 Å². The third-order valence-electron chi connectivity index (χ3n) is 3.24. The van der Waals surface area contributed by atoms with Gasteiger partial charge < -0.3 is 10.1 Å². The highest BCUT2D eigenvalue weighted by Gasteiger charge is 2.13. The lowest BCUT2D eigenvalue weighted by Gasteiger charge is -2.05. The minimum atomic E-state index is -0.649. The number of ether oxygens (including phenoxy) is 1. The molecule has 0 aliphatic heterocycles. The summed E-state index contributed by atoms with van der Waals surface area (Å²) in [6.45, 7) is 0. The van der Waals surface area contributed by atoms with Crippen molar-refractivity contribution in [1.29, 1.82) is 0 Å². The molecule has 6 heteroatoms. The number of carbonyl (C=O) groups is 2. The van der Waals surface area contributed by atoms with E-state index >= 15 is 0 Å². The molecule has 1 amide bonds. The van der Waals surface area contributed by atoms with E-state index in [2.05, 4.69) is 10.3 Å². The summed E-state index contributed by atoms with van der Waals surface area (Å²) in [6, 6.07) is 9.17. The van der Waals surface area contributed by atoms with Gasteiger partial charge in [-0.1, -0.05) is 23.7 Å². The van der Waals surface area contributed by atoms with Gasteiger partial charge in [-0.05, 0) is 36.6 Å². The predicted molar refractivity (Wildman–Crippen MR) is 88.8 cm³/mol. The Morgan fingerprint density at radius 2 is 1.96 bits per heavy atom. The standard InChI is InChI=1S/C17H17ClN2O3/c1-23-15-7-5-12(6-8-15)3-2-4-16(21)17(22)20-14-9-13(18)10-19-11-14/h5-11H,2-4H2,1H3,(H,20,22). The van der Waals surface area contributed by atoms with Crippen molar-refractivity contribution < 1.29 is 14.3 Å². The topological polar surface area (TPSA) is 68.3 Å². The van der Waals surface area contributed by atoms with E-state index in [-0.39, 0.29) is 6.42 Å². The first-order chi connectivity index (χ1) is 11.1. The highest BCUT2D eigenvalue weighted by molar-refractivity contribution is 6.40. The fourth-order valence-electron chi connectivity index (χ4n) is 2.04. The molecular formula is C17H17ClN2O3. The first-order valence-electron chi connectivity index (χ1n) is 7.16. The Bertz CT molecular complexity index is 686. The summed E-state index contributed by atoms with van der Waals surface area (Å²) in [5.74, 6) is -0.318. The van der Waals surface area contributed by atoms with Gasteiger partial charge >= 0.3 is 0 Å². The van der Waals surface area contributed by atoms with Crippen LogP contribution in [0.2, 0.25) is 5.02 Å². The SMILES string of the molecule is COc1ccc(CCCC(=O)C(=O)Nc2cncc(Cl)c2)cc1. The molecule has 0 fully saturated rings. The van der Waals surface area contributed by atoms with E-state index < -0.39 is 11.7 Å². The summed E-state index contributed by atoms with van der Waals surface area (Å²) in [6.07, 6.45) is 4.41. The number of aromatic nitrogens is 1. The first-order valence-corrected chi connectivity index (χ1v) is 7.54. The number of anilines is 1. The van der Waals surface area contributed by atoms with Crippen molar-refractivity contribution in [2.24, 2.45) is 0 Å². The van der Waals surface area contributed by atoms with Gasteiger partial charge in [-0.15, -0.1) is 0 Å². The molecule has 23 heavy (non-hydrogen) atoms. The van der Waals surface area contributed by atoms with Crippen molar-refractivity contribution >= 4 is 29.0 Å². The van der Waals surface area contributed by atoms with Crippen LogP contribution in [0.5, 0.6) is 5.75 Å². The minimum absolute atomic E-state index is 0.186. The minimum Gasteiger partial charge on any atom is -0.497 e. The normalized spacial score (nSPS) is 10.2. The monoisotopic (exact) mass is 332 g/mol. The van der Waals surface area contributed by atoms with E-state index in [4.69, 9.17) is 16.3 Å². The predicted octanol–water partition coefficient (Wildman–Crippen LogP) is 3.27. The molecule has 2 aromatic rings. The summed E-state index contributed by atoms with van der Waals surface area (Å²) in [4.78, 5) is 27.5. The maximum absolute atomic E-state index is 11.8. The van der Waals surface area contributed by atoms with Crippen molar-refractivity contribution in [3.05, 3.63) is 53.3 Å². The van der Waals surface area contributed by atoms with Crippen LogP contribution in [0.1, 0.15) is 18.4 Å². The molecule has 2 rings (SSSR count). The average Bonchev–Trinajstić information content (AvgIpc) is 2.55. The molecule has 0 bridgehead atoms. The Labute approximate surface area is 139 Å². The molecule has 0 spiro atoms. The van der Waals surface area contributed by atoms with Crippen LogP contribution in [0.25, 0.3) is 0 Å². The fraction of sp³-hybridized carbons (Fsp3) is 0.235. The summed E-state index contributed by atoms with van der Waals surface area (Å²) in [5, 5.41) is 2.89. The maximum atomic E-state index is 11.8. The number of pyridine rings is 1. The summed E-state index contributed by atoms with van der Waals surface area (Å²) >= 11 is 5.77. The molecule has 1 aromatic carbocycles. The molecule has 0 radical (unpaired) electrons. The second-order valence-electron chi connectivity index (χ2n) is 4.97. The molecule has 0 saturated carbocycles. The Hall–Kier alpha value is -2.40. The number of hydrogen-bond acceptors (Lipinski definition) is 4. The lowest BCUT2D eigenvalue weighted by molar-refractivity contribution is -0.134. The van der Waals surface area contributed by atoms with Crippen molar-refractivity contribution in [3.63, 3.8) is 0 Å². The van der Waals surface area contributed by atoms with Crippen LogP contribution in [0.3, 0.4) is 0 Å². The zero-order chi connectivity index (χ0) is 16.7. The Morgan fingerprint density at radius 3 is 2.61 bits per heavy atom. The second kappa shape index (κ2) is 8.29. The first kappa shape index (κ1) is 17.0. The van der Waals surface area contributed by atoms with Gasteiger partial charge in [0.05, 0.1) is 24.0 Å². The zero-order valence-corrected chi connectivity index (χ0v) is 13.5. The van der Waals surface area contributed by atoms with Gasteiger partial charge in [0.2, 0.25) is 5.78 Å². The van der Waals surface area contributed by atoms with Gasteiger partial charge in [0, 0.05) is 12.6 Å². The molecule has 1 aromatic heterocycles. The van der Waals surface area contributed by atoms with Crippen molar-refractivity contribution in [1.82, 2.24) is 4.98 Å². The van der Waals surface area contributed by atoms with E-state index in [0.29, 0.717) is 17.1 Å². The van der Waals surface area contributed by atoms with Crippen LogP contribution in [-0.4, -0.2) is 23.8 Å².